The maximum Gasteiger partial charge on any atom is 4.00 e. The molecule has 0 N–H and O–H groups in total. The quantitative estimate of drug-likeness (QED) is 0.119. The first kappa shape index (κ1) is 40.3. The molecule has 208 valence electrons. The summed E-state index contributed by atoms with van der Waals surface area (Å²) >= 11 is 0. The van der Waals surface area contributed by atoms with Crippen molar-refractivity contribution in [3.8, 4) is 0 Å². The minimum atomic E-state index is 0. The topological polar surface area (TPSA) is 52.9 Å². The monoisotopic (exact) mass is 586 g/mol. The fourth-order valence-corrected chi connectivity index (χ4v) is 3.94. The summed E-state index contributed by atoms with van der Waals surface area (Å²) in [6, 6.07) is 7.36. The number of allylic oxidation sites excluding steroid dienone is 2. The van der Waals surface area contributed by atoms with Gasteiger partial charge in [0.1, 0.15) is 0 Å². The van der Waals surface area contributed by atoms with E-state index in [2.05, 4.69) is 96.9 Å². The number of aliphatic imine (C=N–C) groups is 2. The largest absolute Gasteiger partial charge is 4.00 e. The summed E-state index contributed by atoms with van der Waals surface area (Å²) in [6.45, 7) is 22.3. The van der Waals surface area contributed by atoms with E-state index in [0.29, 0.717) is 23.9 Å². The number of hydrogen-bond acceptors (Lipinski definition) is 2. The fraction of sp³-hybridized carbons (Fsp3) is 0.625. The standard InChI is InChI=1S/C22H33N2.C8H17N2.2CH3.Zr/c1-6-7-15-23-20-13-8-9-14-21(20)24-22-18(16(2)3)11-10-12-19(22)17(4)5;1-6(2)9-8(5)10-7(3)4;;;/h10-12,14,16-17H,6-9,13,15H2,1-5H3;6-7H,1-5H3;2*1H3;/q4*-1;+4. The van der Waals surface area contributed by atoms with Gasteiger partial charge < -0.3 is 30.5 Å². The summed E-state index contributed by atoms with van der Waals surface area (Å²) in [4.78, 5) is 9.12. The maximum atomic E-state index is 5.15. The second-order valence-electron chi connectivity index (χ2n) is 10.4. The molecule has 2 rings (SSSR count). The molecule has 0 unspecified atom stereocenters. The van der Waals surface area contributed by atoms with Crippen molar-refractivity contribution in [3.05, 3.63) is 66.6 Å². The van der Waals surface area contributed by atoms with Crippen LogP contribution in [-0.2, 0) is 26.2 Å². The Labute approximate surface area is 250 Å². The van der Waals surface area contributed by atoms with E-state index in [1.54, 1.807) is 0 Å². The van der Waals surface area contributed by atoms with Gasteiger partial charge in [-0.1, -0.05) is 110 Å². The Kier molecular flexibility index (Phi) is 23.6. The second-order valence-corrected chi connectivity index (χ2v) is 10.4. The molecule has 5 heteroatoms. The van der Waals surface area contributed by atoms with Gasteiger partial charge in [-0.05, 0) is 56.5 Å². The van der Waals surface area contributed by atoms with Crippen LogP contribution in [0.5, 0.6) is 0 Å². The van der Waals surface area contributed by atoms with Crippen molar-refractivity contribution in [2.45, 2.75) is 125 Å². The zero-order chi connectivity index (χ0) is 25.7. The fourth-order valence-electron chi connectivity index (χ4n) is 3.94. The molecule has 1 aliphatic carbocycles. The molecule has 37 heavy (non-hydrogen) atoms. The van der Waals surface area contributed by atoms with Crippen molar-refractivity contribution in [2.75, 3.05) is 6.54 Å². The average molecular weight is 588 g/mol. The molecule has 0 fully saturated rings. The van der Waals surface area contributed by atoms with Gasteiger partial charge in [0.15, 0.2) is 0 Å². The second kappa shape index (κ2) is 21.7. The van der Waals surface area contributed by atoms with Crippen molar-refractivity contribution in [1.29, 1.82) is 0 Å². The Balaban J connectivity index is -0.000000767. The van der Waals surface area contributed by atoms with Crippen LogP contribution in [0.25, 0.3) is 10.6 Å². The van der Waals surface area contributed by atoms with Crippen LogP contribution < -0.4 is 0 Å². The normalized spacial score (nSPS) is 14.4. The van der Waals surface area contributed by atoms with Crippen LogP contribution in [0.4, 0.5) is 5.69 Å². The van der Waals surface area contributed by atoms with Gasteiger partial charge in [-0.15, -0.1) is 11.4 Å². The van der Waals surface area contributed by atoms with Crippen LogP contribution >= 0.6 is 0 Å². The average Bonchev–Trinajstić information content (AvgIpc) is 2.74. The van der Waals surface area contributed by atoms with Crippen LogP contribution in [0.2, 0.25) is 0 Å². The molecule has 0 atom stereocenters. The van der Waals surface area contributed by atoms with E-state index < -0.39 is 0 Å². The molecule has 4 nitrogen and oxygen atoms in total. The number of para-hydroxylation sites is 1. The van der Waals surface area contributed by atoms with Crippen molar-refractivity contribution in [2.24, 2.45) is 9.98 Å². The van der Waals surface area contributed by atoms with Gasteiger partial charge in [-0.25, -0.2) is 0 Å². The zero-order valence-corrected chi connectivity index (χ0v) is 28.6. The molecule has 0 saturated carbocycles. The molecule has 1 aliphatic rings. The van der Waals surface area contributed by atoms with E-state index in [9.17, 15) is 0 Å². The van der Waals surface area contributed by atoms with Gasteiger partial charge in [0, 0.05) is 12.3 Å². The predicted octanol–water partition coefficient (Wildman–Crippen LogP) is 10.7. The first-order valence-electron chi connectivity index (χ1n) is 13.4. The van der Waals surface area contributed by atoms with Gasteiger partial charge in [0.05, 0.1) is 0 Å². The molecule has 0 radical (unpaired) electrons. The van der Waals surface area contributed by atoms with Gasteiger partial charge in [0.25, 0.3) is 0 Å². The van der Waals surface area contributed by atoms with Crippen molar-refractivity contribution in [1.82, 2.24) is 0 Å². The summed E-state index contributed by atoms with van der Waals surface area (Å²) in [7, 11) is 0. The number of amidine groups is 1. The Morgan fingerprint density at radius 1 is 0.946 bits per heavy atom. The molecule has 0 heterocycles. The first-order chi connectivity index (χ1) is 16.1. The predicted molar refractivity (Wildman–Crippen MR) is 166 cm³/mol. The number of unbranched alkanes of at least 4 members (excludes halogenated alkanes) is 1. The molecule has 0 aromatic heterocycles. The molecule has 1 aromatic carbocycles. The summed E-state index contributed by atoms with van der Waals surface area (Å²) in [5.74, 6) is 1.87. The van der Waals surface area contributed by atoms with E-state index in [4.69, 9.17) is 10.3 Å². The van der Waals surface area contributed by atoms with Crippen molar-refractivity contribution in [3.63, 3.8) is 0 Å². The molecular formula is C32H56N4Zr. The third kappa shape index (κ3) is 15.7. The number of hydrogen-bond donors (Lipinski definition) is 0. The number of benzene rings is 1. The SMILES string of the molecule is CC(=NC(C)C)[N-]C(C)C.CCCCN=C1CCCC=C1[N-]c1c(C(C)C)cccc1C(C)C.[CH3-].[CH3-].[Zr+4]. The van der Waals surface area contributed by atoms with E-state index in [0.717, 1.165) is 37.3 Å². The van der Waals surface area contributed by atoms with Crippen LogP contribution in [0.3, 0.4) is 0 Å². The third-order valence-corrected chi connectivity index (χ3v) is 5.53. The molecule has 0 spiro atoms. The van der Waals surface area contributed by atoms with Crippen LogP contribution in [0.15, 0.2) is 40.0 Å². The Morgan fingerprint density at radius 3 is 1.97 bits per heavy atom. The van der Waals surface area contributed by atoms with Gasteiger partial charge in [-0.3, -0.25) is 4.99 Å². The van der Waals surface area contributed by atoms with Crippen LogP contribution in [0.1, 0.15) is 124 Å². The van der Waals surface area contributed by atoms with Crippen molar-refractivity contribution >= 4 is 17.2 Å². The molecule has 0 aliphatic heterocycles. The molecule has 1 aromatic rings. The van der Waals surface area contributed by atoms with Crippen molar-refractivity contribution < 1.29 is 26.2 Å². The van der Waals surface area contributed by atoms with Gasteiger partial charge in [-0.2, -0.15) is 0 Å². The molecule has 0 amide bonds. The summed E-state index contributed by atoms with van der Waals surface area (Å²) in [5, 5.41) is 9.42. The number of nitrogens with zero attached hydrogens (tertiary/aromatic N) is 4. The van der Waals surface area contributed by atoms with E-state index in [1.807, 2.05) is 6.92 Å². The van der Waals surface area contributed by atoms with E-state index >= 15 is 0 Å². The minimum Gasteiger partial charge on any atom is -0.656 e. The molecular weight excluding hydrogens is 532 g/mol. The summed E-state index contributed by atoms with van der Waals surface area (Å²) < 4.78 is 0. The van der Waals surface area contributed by atoms with E-state index in [-0.39, 0.29) is 41.1 Å². The zero-order valence-electron chi connectivity index (χ0n) is 26.2. The third-order valence-electron chi connectivity index (χ3n) is 5.53. The van der Waals surface area contributed by atoms with Crippen LogP contribution in [-0.4, -0.2) is 30.2 Å². The van der Waals surface area contributed by atoms with E-state index in [1.165, 1.54) is 35.4 Å². The Hall–Kier alpha value is -1.22. The Morgan fingerprint density at radius 2 is 1.51 bits per heavy atom. The molecule has 0 saturated heterocycles. The minimum absolute atomic E-state index is 0. The summed E-state index contributed by atoms with van der Waals surface area (Å²) in [5.41, 5.74) is 6.20. The molecule has 0 bridgehead atoms. The first-order valence-corrected chi connectivity index (χ1v) is 13.4. The Bertz CT molecular complexity index is 794. The van der Waals surface area contributed by atoms with Crippen LogP contribution in [0, 0.1) is 14.9 Å². The maximum absolute atomic E-state index is 5.15. The van der Waals surface area contributed by atoms with Gasteiger partial charge >= 0.3 is 26.2 Å². The number of rotatable bonds is 9. The smallest absolute Gasteiger partial charge is 0.656 e. The summed E-state index contributed by atoms with van der Waals surface area (Å²) in [6.07, 6.45) is 8.03. The van der Waals surface area contributed by atoms with Gasteiger partial charge in [0.2, 0.25) is 0 Å².